The maximum absolute atomic E-state index is 5.74. The summed E-state index contributed by atoms with van der Waals surface area (Å²) >= 11 is 0. The number of unbranched alkanes of at least 4 members (excludes halogenated alkanes) is 2. The Morgan fingerprint density at radius 2 is 1.92 bits per heavy atom. The van der Waals surface area contributed by atoms with Crippen molar-refractivity contribution in [3.63, 3.8) is 0 Å². The maximum Gasteiger partial charge on any atom is 0.162 e. The Balaban J connectivity index is 1.60. The summed E-state index contributed by atoms with van der Waals surface area (Å²) in [6.45, 7) is 7.70. The van der Waals surface area contributed by atoms with Gasteiger partial charge >= 0.3 is 0 Å². The van der Waals surface area contributed by atoms with E-state index in [1.165, 1.54) is 12.8 Å². The second kappa shape index (κ2) is 8.01. The van der Waals surface area contributed by atoms with Gasteiger partial charge in [-0.05, 0) is 50.6 Å². The molecule has 0 aliphatic rings. The van der Waals surface area contributed by atoms with Crippen molar-refractivity contribution in [2.75, 3.05) is 11.9 Å². The highest BCUT2D eigenvalue weighted by molar-refractivity contribution is 5.51. The number of rotatable bonds is 8. The molecule has 0 amide bonds. The van der Waals surface area contributed by atoms with Crippen LogP contribution in [-0.2, 0) is 6.54 Å². The zero-order valence-electron chi connectivity index (χ0n) is 15.2. The molecule has 25 heavy (non-hydrogen) atoms. The molecule has 0 aliphatic carbocycles. The van der Waals surface area contributed by atoms with Gasteiger partial charge in [0, 0.05) is 17.1 Å². The van der Waals surface area contributed by atoms with Crippen molar-refractivity contribution in [1.29, 1.82) is 0 Å². The topological polar surface area (TPSA) is 51.5 Å². The molecule has 0 unspecified atom stereocenters. The molecule has 2 aromatic heterocycles. The van der Waals surface area contributed by atoms with Gasteiger partial charge in [-0.25, -0.2) is 9.97 Å². The van der Waals surface area contributed by atoms with Crippen LogP contribution in [0.3, 0.4) is 0 Å². The number of aryl methyl sites for hydroxylation is 2. The summed E-state index contributed by atoms with van der Waals surface area (Å²) < 4.78 is 7.77. The molecule has 2 heterocycles. The summed E-state index contributed by atoms with van der Waals surface area (Å²) in [7, 11) is 0. The minimum atomic E-state index is 0.642. The lowest BCUT2D eigenvalue weighted by Crippen LogP contribution is -2.03. The zero-order valence-corrected chi connectivity index (χ0v) is 15.2. The highest BCUT2D eigenvalue weighted by atomic mass is 16.5. The highest BCUT2D eigenvalue weighted by Gasteiger charge is 2.08. The lowest BCUT2D eigenvalue weighted by atomic mass is 10.2. The second-order valence-corrected chi connectivity index (χ2v) is 6.36. The van der Waals surface area contributed by atoms with Crippen molar-refractivity contribution in [1.82, 2.24) is 14.4 Å². The van der Waals surface area contributed by atoms with E-state index >= 15 is 0 Å². The van der Waals surface area contributed by atoms with Gasteiger partial charge in [0.25, 0.3) is 0 Å². The van der Waals surface area contributed by atoms with E-state index in [-0.39, 0.29) is 0 Å². The van der Waals surface area contributed by atoms with E-state index in [1.54, 1.807) is 0 Å². The third-order valence-corrected chi connectivity index (χ3v) is 4.23. The van der Waals surface area contributed by atoms with Crippen molar-refractivity contribution in [3.8, 4) is 5.75 Å². The number of nitrogens with one attached hydrogen (secondary N) is 1. The quantitative estimate of drug-likeness (QED) is 0.613. The van der Waals surface area contributed by atoms with E-state index in [9.17, 15) is 0 Å². The molecular formula is C20H26N4O. The van der Waals surface area contributed by atoms with Crippen LogP contribution in [0.1, 0.15) is 43.3 Å². The number of hydrogen-bond acceptors (Lipinski definition) is 4. The molecular weight excluding hydrogens is 312 g/mol. The van der Waals surface area contributed by atoms with E-state index in [1.807, 2.05) is 41.9 Å². The molecule has 3 rings (SSSR count). The van der Waals surface area contributed by atoms with Gasteiger partial charge in [-0.15, -0.1) is 0 Å². The monoisotopic (exact) mass is 338 g/mol. The lowest BCUT2D eigenvalue weighted by molar-refractivity contribution is 0.306. The molecule has 3 aromatic rings. The molecule has 5 heteroatoms. The Morgan fingerprint density at radius 3 is 2.68 bits per heavy atom. The lowest BCUT2D eigenvalue weighted by Gasteiger charge is -2.08. The van der Waals surface area contributed by atoms with Gasteiger partial charge in [0.15, 0.2) is 5.65 Å². The van der Waals surface area contributed by atoms with Crippen LogP contribution in [-0.4, -0.2) is 21.0 Å². The number of fused-ring (bicyclic) bond motifs is 1. The summed E-state index contributed by atoms with van der Waals surface area (Å²) in [4.78, 5) is 9.11. The Hall–Kier alpha value is -2.56. The van der Waals surface area contributed by atoms with Crippen LogP contribution in [0.4, 0.5) is 5.69 Å². The smallest absolute Gasteiger partial charge is 0.162 e. The van der Waals surface area contributed by atoms with E-state index in [4.69, 9.17) is 4.74 Å². The first-order valence-corrected chi connectivity index (χ1v) is 8.94. The third-order valence-electron chi connectivity index (χ3n) is 4.23. The molecule has 1 N–H and O–H groups in total. The van der Waals surface area contributed by atoms with E-state index < -0.39 is 0 Å². The van der Waals surface area contributed by atoms with Crippen molar-refractivity contribution < 1.29 is 4.74 Å². The molecule has 0 atom stereocenters. The van der Waals surface area contributed by atoms with Crippen molar-refractivity contribution >= 4 is 11.3 Å². The summed E-state index contributed by atoms with van der Waals surface area (Å²) in [6, 6.07) is 10.2. The number of hydrogen-bond donors (Lipinski definition) is 1. The van der Waals surface area contributed by atoms with Crippen LogP contribution in [0.15, 0.2) is 36.7 Å². The molecule has 0 saturated carbocycles. The van der Waals surface area contributed by atoms with Crippen molar-refractivity contribution in [3.05, 3.63) is 53.7 Å². The Morgan fingerprint density at radius 1 is 1.12 bits per heavy atom. The molecule has 132 valence electrons. The fourth-order valence-electron chi connectivity index (χ4n) is 2.85. The predicted octanol–water partition coefficient (Wildman–Crippen LogP) is 4.53. The molecule has 0 spiro atoms. The Kier molecular flexibility index (Phi) is 5.53. The largest absolute Gasteiger partial charge is 0.494 e. The van der Waals surface area contributed by atoms with Gasteiger partial charge in [-0.1, -0.05) is 19.8 Å². The van der Waals surface area contributed by atoms with Crippen LogP contribution in [0, 0.1) is 13.8 Å². The summed E-state index contributed by atoms with van der Waals surface area (Å²) in [6.07, 6.45) is 5.37. The Bertz CT molecular complexity index is 824. The first-order valence-electron chi connectivity index (χ1n) is 8.94. The van der Waals surface area contributed by atoms with Crippen LogP contribution in [0.2, 0.25) is 0 Å². The van der Waals surface area contributed by atoms with Gasteiger partial charge in [0.2, 0.25) is 0 Å². The fraction of sp³-hybridized carbons (Fsp3) is 0.400. The van der Waals surface area contributed by atoms with E-state index in [2.05, 4.69) is 35.2 Å². The average molecular weight is 338 g/mol. The first-order chi connectivity index (χ1) is 12.2. The van der Waals surface area contributed by atoms with Crippen molar-refractivity contribution in [2.45, 2.75) is 46.6 Å². The number of nitrogens with zero attached hydrogens (tertiary/aromatic N) is 3. The van der Waals surface area contributed by atoms with E-state index in [0.717, 1.165) is 47.2 Å². The molecule has 0 aliphatic heterocycles. The van der Waals surface area contributed by atoms with Gasteiger partial charge in [0.1, 0.15) is 17.8 Å². The fourth-order valence-corrected chi connectivity index (χ4v) is 2.85. The van der Waals surface area contributed by atoms with Gasteiger partial charge in [0.05, 0.1) is 13.2 Å². The van der Waals surface area contributed by atoms with Crippen molar-refractivity contribution in [2.24, 2.45) is 0 Å². The molecule has 0 saturated heterocycles. The summed E-state index contributed by atoms with van der Waals surface area (Å²) in [5.41, 5.74) is 5.07. The molecule has 0 fully saturated rings. The van der Waals surface area contributed by atoms with Crippen LogP contribution in [0.5, 0.6) is 5.75 Å². The standard InChI is InChI=1S/C20H26N4O/c1-4-5-6-11-25-18-9-7-17(8-10-18)21-13-19-20-23-15(2)12-16(3)24(20)14-22-19/h7-10,12,14,21H,4-6,11,13H2,1-3H3. The normalized spacial score (nSPS) is 11.0. The van der Waals surface area contributed by atoms with Crippen LogP contribution in [0.25, 0.3) is 5.65 Å². The molecule has 0 bridgehead atoms. The van der Waals surface area contributed by atoms with Crippen LogP contribution >= 0.6 is 0 Å². The number of imidazole rings is 1. The Labute approximate surface area is 149 Å². The van der Waals surface area contributed by atoms with E-state index in [0.29, 0.717) is 6.54 Å². The summed E-state index contributed by atoms with van der Waals surface area (Å²) in [5, 5.41) is 3.41. The van der Waals surface area contributed by atoms with Gasteiger partial charge in [-0.2, -0.15) is 0 Å². The number of ether oxygens (including phenoxy) is 1. The average Bonchev–Trinajstić information content (AvgIpc) is 3.01. The SMILES string of the molecule is CCCCCOc1ccc(NCc2ncn3c(C)cc(C)nc23)cc1. The number of benzene rings is 1. The minimum absolute atomic E-state index is 0.642. The molecule has 5 nitrogen and oxygen atoms in total. The minimum Gasteiger partial charge on any atom is -0.494 e. The maximum atomic E-state index is 5.74. The van der Waals surface area contributed by atoms with Gasteiger partial charge < -0.3 is 10.1 Å². The third kappa shape index (κ3) is 4.29. The first kappa shape index (κ1) is 17.3. The molecule has 0 radical (unpaired) electrons. The van der Waals surface area contributed by atoms with Gasteiger partial charge in [-0.3, -0.25) is 4.40 Å². The zero-order chi connectivity index (χ0) is 17.6. The summed E-state index contributed by atoms with van der Waals surface area (Å²) in [5.74, 6) is 0.919. The van der Waals surface area contributed by atoms with Crippen LogP contribution < -0.4 is 10.1 Å². The predicted molar refractivity (Wildman–Crippen MR) is 101 cm³/mol. The number of anilines is 1. The number of aromatic nitrogens is 3. The molecule has 1 aromatic carbocycles. The second-order valence-electron chi connectivity index (χ2n) is 6.36. The highest BCUT2D eigenvalue weighted by Crippen LogP contribution is 2.18.